The first-order valence-electron chi connectivity index (χ1n) is 10.7. The molecule has 5 nitrogen and oxygen atoms in total. The van der Waals surface area contributed by atoms with E-state index in [0.717, 1.165) is 29.7 Å². The minimum atomic E-state index is -3.55. The van der Waals surface area contributed by atoms with Gasteiger partial charge in [-0.25, -0.2) is 8.42 Å². The van der Waals surface area contributed by atoms with Crippen molar-refractivity contribution in [2.45, 2.75) is 51.5 Å². The normalized spacial score (nSPS) is 18.3. The van der Waals surface area contributed by atoms with Gasteiger partial charge in [-0.3, -0.25) is 4.79 Å². The summed E-state index contributed by atoms with van der Waals surface area (Å²) >= 11 is 0. The molecule has 0 saturated carbocycles. The first-order chi connectivity index (χ1) is 14.3. The van der Waals surface area contributed by atoms with Crippen molar-refractivity contribution in [3.8, 4) is 0 Å². The zero-order valence-electron chi connectivity index (χ0n) is 18.0. The second kappa shape index (κ2) is 8.16. The molecule has 0 aliphatic carbocycles. The molecule has 0 atom stereocenters. The molecule has 0 unspecified atom stereocenters. The van der Waals surface area contributed by atoms with Gasteiger partial charge in [-0.1, -0.05) is 42.0 Å². The molecule has 30 heavy (non-hydrogen) atoms. The van der Waals surface area contributed by atoms with Crippen molar-refractivity contribution >= 4 is 15.9 Å². The highest BCUT2D eigenvalue weighted by Crippen LogP contribution is 2.30. The van der Waals surface area contributed by atoms with Gasteiger partial charge in [0.25, 0.3) is 0 Å². The van der Waals surface area contributed by atoms with Gasteiger partial charge in [0.1, 0.15) is 0 Å². The molecular formula is C24H30N2O3S. The molecule has 4 rings (SSSR count). The second-order valence-corrected chi connectivity index (χ2v) is 10.6. The molecule has 1 fully saturated rings. The maximum atomic E-state index is 13.3. The van der Waals surface area contributed by atoms with Gasteiger partial charge in [-0.15, -0.1) is 0 Å². The molecule has 1 amide bonds. The van der Waals surface area contributed by atoms with Crippen LogP contribution in [0.25, 0.3) is 0 Å². The van der Waals surface area contributed by atoms with E-state index in [4.69, 9.17) is 0 Å². The van der Waals surface area contributed by atoms with E-state index in [0.29, 0.717) is 37.4 Å². The number of rotatable bonds is 3. The van der Waals surface area contributed by atoms with Crippen LogP contribution in [-0.4, -0.2) is 43.2 Å². The largest absolute Gasteiger partial charge is 0.338 e. The maximum Gasteiger partial charge on any atom is 0.243 e. The van der Waals surface area contributed by atoms with Crippen LogP contribution >= 0.6 is 0 Å². The number of sulfonamides is 1. The molecule has 2 aliphatic heterocycles. The van der Waals surface area contributed by atoms with Crippen molar-refractivity contribution < 1.29 is 13.2 Å². The number of fused-ring (bicyclic) bond motifs is 1. The van der Waals surface area contributed by atoms with Gasteiger partial charge >= 0.3 is 0 Å². The van der Waals surface area contributed by atoms with Gasteiger partial charge in [0.15, 0.2) is 0 Å². The summed E-state index contributed by atoms with van der Waals surface area (Å²) in [5.74, 6) is 0.0752. The molecule has 0 aromatic heterocycles. The highest BCUT2D eigenvalue weighted by atomic mass is 32.2. The van der Waals surface area contributed by atoms with Gasteiger partial charge in [0, 0.05) is 32.1 Å². The predicted octanol–water partition coefficient (Wildman–Crippen LogP) is 3.60. The second-order valence-electron chi connectivity index (χ2n) is 8.68. The molecule has 0 radical (unpaired) electrons. The van der Waals surface area contributed by atoms with Crippen molar-refractivity contribution in [3.05, 3.63) is 64.2 Å². The molecule has 0 N–H and O–H groups in total. The average Bonchev–Trinajstić information content (AvgIpc) is 2.72. The molecule has 2 aromatic rings. The van der Waals surface area contributed by atoms with E-state index in [9.17, 15) is 13.2 Å². The van der Waals surface area contributed by atoms with Crippen LogP contribution in [0.5, 0.6) is 0 Å². The lowest BCUT2D eigenvalue weighted by molar-refractivity contribution is -0.137. The zero-order chi connectivity index (χ0) is 21.5. The Morgan fingerprint density at radius 1 is 0.933 bits per heavy atom. The van der Waals surface area contributed by atoms with Gasteiger partial charge < -0.3 is 4.90 Å². The Bertz CT molecular complexity index is 1050. The maximum absolute atomic E-state index is 13.3. The standard InChI is InChI=1S/C24H30N2O3S/c1-17-14-18(2)23(19(3)15-17)30(28,29)26-12-9-21(10-13-26)24(27)25-11-8-20-6-4-5-7-22(20)16-25/h4-7,14-15,21H,8-13,16H2,1-3H3. The highest BCUT2D eigenvalue weighted by molar-refractivity contribution is 7.89. The Balaban J connectivity index is 1.43. The molecule has 0 bridgehead atoms. The van der Waals surface area contributed by atoms with Gasteiger partial charge in [-0.05, 0) is 62.3 Å². The Labute approximate surface area is 179 Å². The highest BCUT2D eigenvalue weighted by Gasteiger charge is 2.35. The van der Waals surface area contributed by atoms with Gasteiger partial charge in [0.2, 0.25) is 15.9 Å². The number of hydrogen-bond acceptors (Lipinski definition) is 3. The number of amides is 1. The fraction of sp³-hybridized carbons (Fsp3) is 0.458. The van der Waals surface area contributed by atoms with Crippen LogP contribution in [0, 0.1) is 26.7 Å². The van der Waals surface area contributed by atoms with Crippen LogP contribution in [-0.2, 0) is 27.8 Å². The molecule has 0 spiro atoms. The lowest BCUT2D eigenvalue weighted by atomic mass is 9.94. The monoisotopic (exact) mass is 426 g/mol. The summed E-state index contributed by atoms with van der Waals surface area (Å²) in [6.07, 6.45) is 2.06. The summed E-state index contributed by atoms with van der Waals surface area (Å²) in [6, 6.07) is 12.1. The van der Waals surface area contributed by atoms with Crippen LogP contribution in [0.2, 0.25) is 0 Å². The number of hydrogen-bond donors (Lipinski definition) is 0. The summed E-state index contributed by atoms with van der Waals surface area (Å²) < 4.78 is 28.1. The Morgan fingerprint density at radius 3 is 2.17 bits per heavy atom. The van der Waals surface area contributed by atoms with Crippen molar-refractivity contribution in [3.63, 3.8) is 0 Å². The van der Waals surface area contributed by atoms with Crippen molar-refractivity contribution in [1.82, 2.24) is 9.21 Å². The molecule has 2 aromatic carbocycles. The van der Waals surface area contributed by atoms with E-state index in [1.165, 1.54) is 11.1 Å². The van der Waals surface area contributed by atoms with E-state index >= 15 is 0 Å². The average molecular weight is 427 g/mol. The van der Waals surface area contributed by atoms with E-state index in [2.05, 4.69) is 12.1 Å². The molecule has 1 saturated heterocycles. The van der Waals surface area contributed by atoms with E-state index in [1.54, 1.807) is 4.31 Å². The SMILES string of the molecule is Cc1cc(C)c(S(=O)(=O)N2CCC(C(=O)N3CCc4ccccc4C3)CC2)c(C)c1. The third-order valence-electron chi connectivity index (χ3n) is 6.45. The molecular weight excluding hydrogens is 396 g/mol. The number of carbonyl (C=O) groups is 1. The quantitative estimate of drug-likeness (QED) is 0.754. The fourth-order valence-corrected chi connectivity index (χ4v) is 6.87. The lowest BCUT2D eigenvalue weighted by Crippen LogP contribution is -2.45. The summed E-state index contributed by atoms with van der Waals surface area (Å²) in [7, 11) is -3.55. The van der Waals surface area contributed by atoms with E-state index in [1.807, 2.05) is 49.9 Å². The first-order valence-corrected chi connectivity index (χ1v) is 12.1. The molecule has 2 heterocycles. The fourth-order valence-electron chi connectivity index (χ4n) is 4.99. The summed E-state index contributed by atoms with van der Waals surface area (Å²) in [5.41, 5.74) is 5.19. The Kier molecular flexibility index (Phi) is 5.73. The summed E-state index contributed by atoms with van der Waals surface area (Å²) in [6.45, 7) is 7.90. The Morgan fingerprint density at radius 2 is 1.53 bits per heavy atom. The topological polar surface area (TPSA) is 57.7 Å². The van der Waals surface area contributed by atoms with E-state index < -0.39 is 10.0 Å². The smallest absolute Gasteiger partial charge is 0.243 e. The Hall–Kier alpha value is -2.18. The minimum absolute atomic E-state index is 0.0954. The number of piperidine rings is 1. The third kappa shape index (κ3) is 3.91. The van der Waals surface area contributed by atoms with Crippen molar-refractivity contribution in [1.29, 1.82) is 0 Å². The van der Waals surface area contributed by atoms with Crippen LogP contribution in [0.4, 0.5) is 0 Å². The summed E-state index contributed by atoms with van der Waals surface area (Å²) in [5, 5.41) is 0. The minimum Gasteiger partial charge on any atom is -0.338 e. The number of aryl methyl sites for hydroxylation is 3. The lowest BCUT2D eigenvalue weighted by Gasteiger charge is -2.36. The van der Waals surface area contributed by atoms with Crippen LogP contribution in [0.1, 0.15) is 40.7 Å². The van der Waals surface area contributed by atoms with Crippen LogP contribution in [0.15, 0.2) is 41.3 Å². The number of benzene rings is 2. The van der Waals surface area contributed by atoms with E-state index in [-0.39, 0.29) is 11.8 Å². The van der Waals surface area contributed by atoms with Crippen molar-refractivity contribution in [2.24, 2.45) is 5.92 Å². The van der Waals surface area contributed by atoms with Gasteiger partial charge in [0.05, 0.1) is 4.90 Å². The molecule has 2 aliphatic rings. The van der Waals surface area contributed by atoms with Gasteiger partial charge in [-0.2, -0.15) is 4.31 Å². The third-order valence-corrected chi connectivity index (χ3v) is 8.65. The number of nitrogens with zero attached hydrogens (tertiary/aromatic N) is 2. The number of carbonyl (C=O) groups excluding carboxylic acids is 1. The predicted molar refractivity (Wildman–Crippen MR) is 118 cm³/mol. The molecule has 160 valence electrons. The van der Waals surface area contributed by atoms with Crippen LogP contribution < -0.4 is 0 Å². The first kappa shape index (κ1) is 21.1. The molecule has 6 heteroatoms. The zero-order valence-corrected chi connectivity index (χ0v) is 18.8. The van der Waals surface area contributed by atoms with Crippen LogP contribution in [0.3, 0.4) is 0 Å². The summed E-state index contributed by atoms with van der Waals surface area (Å²) in [4.78, 5) is 15.5. The van der Waals surface area contributed by atoms with Crippen molar-refractivity contribution in [2.75, 3.05) is 19.6 Å².